The molecule has 6 atom stereocenters. The largest absolute Gasteiger partial charge is 0.497 e. The first-order valence-corrected chi connectivity index (χ1v) is 12.5. The van der Waals surface area contributed by atoms with E-state index < -0.39 is 0 Å². The second-order valence-corrected chi connectivity index (χ2v) is 11.1. The van der Waals surface area contributed by atoms with E-state index in [2.05, 4.69) is 65.4 Å². The molecule has 6 bridgehead atoms. The number of benzene rings is 2. The highest BCUT2D eigenvalue weighted by Gasteiger charge is 2.74. The molecule has 5 unspecified atom stereocenters. The van der Waals surface area contributed by atoms with E-state index in [1.54, 1.807) is 5.56 Å². The summed E-state index contributed by atoms with van der Waals surface area (Å²) < 4.78 is 12.7. The first-order valence-electron chi connectivity index (χ1n) is 12.5. The van der Waals surface area contributed by atoms with Crippen molar-refractivity contribution in [1.82, 2.24) is 4.90 Å². The van der Waals surface area contributed by atoms with Gasteiger partial charge in [-0.15, -0.1) is 0 Å². The molecule has 4 heteroatoms. The highest BCUT2D eigenvalue weighted by atomic mass is 16.5. The number of anilines is 1. The third-order valence-corrected chi connectivity index (χ3v) is 9.97. The fourth-order valence-electron chi connectivity index (χ4n) is 8.59. The molecule has 3 saturated heterocycles. The second-order valence-electron chi connectivity index (χ2n) is 11.1. The Morgan fingerprint density at radius 3 is 2.81 bits per heavy atom. The number of rotatable bonds is 2. The topological polar surface area (TPSA) is 24.9 Å². The number of hydrogen-bond acceptors (Lipinski definition) is 4. The molecule has 0 aromatic heterocycles. The summed E-state index contributed by atoms with van der Waals surface area (Å²) in [7, 11) is 4.12. The van der Waals surface area contributed by atoms with E-state index >= 15 is 0 Å². The van der Waals surface area contributed by atoms with Crippen LogP contribution in [-0.4, -0.2) is 56.9 Å². The van der Waals surface area contributed by atoms with Gasteiger partial charge in [-0.3, -0.25) is 0 Å². The average molecular weight is 431 g/mol. The van der Waals surface area contributed by atoms with Crippen molar-refractivity contribution in [2.24, 2.45) is 11.3 Å². The van der Waals surface area contributed by atoms with E-state index in [0.29, 0.717) is 29.5 Å². The van der Waals surface area contributed by atoms with E-state index in [1.807, 2.05) is 7.11 Å². The smallest absolute Gasteiger partial charge is 0.119 e. The van der Waals surface area contributed by atoms with Crippen LogP contribution in [0, 0.1) is 11.3 Å². The van der Waals surface area contributed by atoms with Gasteiger partial charge in [0.05, 0.1) is 19.8 Å². The number of ether oxygens (including phenoxy) is 2. The minimum atomic E-state index is 0.233. The fraction of sp³-hybridized carbons (Fsp3) is 0.571. The van der Waals surface area contributed by atoms with Crippen molar-refractivity contribution in [3.63, 3.8) is 0 Å². The van der Waals surface area contributed by atoms with E-state index in [9.17, 15) is 0 Å². The molecule has 6 aliphatic heterocycles. The number of nitrogens with zero attached hydrogens (tertiary/aromatic N) is 2. The zero-order valence-electron chi connectivity index (χ0n) is 19.3. The molecule has 5 fully saturated rings. The molecule has 10 rings (SSSR count). The number of piperidine rings is 1. The van der Waals surface area contributed by atoms with Gasteiger partial charge < -0.3 is 19.3 Å². The van der Waals surface area contributed by atoms with E-state index in [0.717, 1.165) is 31.9 Å². The summed E-state index contributed by atoms with van der Waals surface area (Å²) in [6, 6.07) is 19.1. The molecule has 168 valence electrons. The number of methoxy groups -OCH3 is 1. The Morgan fingerprint density at radius 1 is 1.09 bits per heavy atom. The lowest BCUT2D eigenvalue weighted by Gasteiger charge is -2.70. The lowest BCUT2D eigenvalue weighted by molar-refractivity contribution is -0.187. The summed E-state index contributed by atoms with van der Waals surface area (Å²) in [6.45, 7) is 3.03. The SMILES string of the molecule is COc1ccc2c(c1)C13CCN(C)C(CO[C@@H]4CN(c5ccccc5)C5CCC4(C1)C53)C2. The van der Waals surface area contributed by atoms with Gasteiger partial charge in [0.15, 0.2) is 0 Å². The normalized spacial score (nSPS) is 39.8. The van der Waals surface area contributed by atoms with E-state index in [-0.39, 0.29) is 5.41 Å². The number of likely N-dealkylation sites (N-methyl/N-ethyl adjacent to an activating group) is 1. The van der Waals surface area contributed by atoms with Gasteiger partial charge in [-0.25, -0.2) is 0 Å². The predicted octanol–water partition coefficient (Wildman–Crippen LogP) is 4.27. The van der Waals surface area contributed by atoms with E-state index in [4.69, 9.17) is 9.47 Å². The zero-order chi connectivity index (χ0) is 21.5. The average Bonchev–Trinajstić information content (AvgIpc) is 3.02. The summed E-state index contributed by atoms with van der Waals surface area (Å²) in [4.78, 5) is 5.30. The molecule has 2 aliphatic carbocycles. The minimum Gasteiger partial charge on any atom is -0.497 e. The molecular formula is C28H34N2O2. The van der Waals surface area contributed by atoms with Gasteiger partial charge in [0.2, 0.25) is 0 Å². The Kier molecular flexibility index (Phi) is 4.09. The summed E-state index contributed by atoms with van der Waals surface area (Å²) >= 11 is 0. The molecule has 4 nitrogen and oxygen atoms in total. The zero-order valence-corrected chi connectivity index (χ0v) is 19.3. The van der Waals surface area contributed by atoms with Crippen LogP contribution in [0.4, 0.5) is 5.69 Å². The van der Waals surface area contributed by atoms with Crippen LogP contribution in [0.15, 0.2) is 48.5 Å². The third kappa shape index (κ3) is 2.40. The summed E-state index contributed by atoms with van der Waals surface area (Å²) in [5.41, 5.74) is 5.08. The predicted molar refractivity (Wildman–Crippen MR) is 127 cm³/mol. The highest BCUT2D eigenvalue weighted by molar-refractivity contribution is 5.54. The molecule has 0 radical (unpaired) electrons. The van der Waals surface area contributed by atoms with Crippen LogP contribution < -0.4 is 9.64 Å². The van der Waals surface area contributed by atoms with Crippen molar-refractivity contribution in [2.45, 2.75) is 55.7 Å². The second kappa shape index (κ2) is 6.74. The van der Waals surface area contributed by atoms with Crippen molar-refractivity contribution in [3.05, 3.63) is 59.7 Å². The van der Waals surface area contributed by atoms with Crippen LogP contribution in [0.2, 0.25) is 0 Å². The van der Waals surface area contributed by atoms with Gasteiger partial charge in [-0.2, -0.15) is 0 Å². The first-order chi connectivity index (χ1) is 15.6. The van der Waals surface area contributed by atoms with Crippen molar-refractivity contribution < 1.29 is 9.47 Å². The maximum Gasteiger partial charge on any atom is 0.119 e. The molecule has 2 saturated carbocycles. The Balaban J connectivity index is 1.43. The number of para-hydroxylation sites is 1. The first kappa shape index (κ1) is 19.4. The Bertz CT molecular complexity index is 1040. The van der Waals surface area contributed by atoms with Gasteiger partial charge in [0.1, 0.15) is 5.75 Å². The Hall–Kier alpha value is -2.04. The van der Waals surface area contributed by atoms with Crippen molar-refractivity contribution in [3.8, 4) is 5.75 Å². The summed E-state index contributed by atoms with van der Waals surface area (Å²) in [5, 5.41) is 0. The summed E-state index contributed by atoms with van der Waals surface area (Å²) in [6.07, 6.45) is 6.56. The molecule has 0 amide bonds. The summed E-state index contributed by atoms with van der Waals surface area (Å²) in [5.74, 6) is 1.67. The van der Waals surface area contributed by atoms with Crippen molar-refractivity contribution in [1.29, 1.82) is 0 Å². The third-order valence-electron chi connectivity index (χ3n) is 9.97. The van der Waals surface area contributed by atoms with Gasteiger partial charge in [-0.05, 0) is 87.0 Å². The molecular weight excluding hydrogens is 396 g/mol. The Morgan fingerprint density at radius 2 is 1.97 bits per heavy atom. The maximum absolute atomic E-state index is 6.92. The minimum absolute atomic E-state index is 0.233. The molecule has 2 spiro atoms. The van der Waals surface area contributed by atoms with Crippen molar-refractivity contribution in [2.75, 3.05) is 38.8 Å². The van der Waals surface area contributed by atoms with E-state index in [1.165, 1.54) is 36.9 Å². The van der Waals surface area contributed by atoms with Crippen LogP contribution in [0.5, 0.6) is 5.75 Å². The van der Waals surface area contributed by atoms with Crippen LogP contribution in [0.25, 0.3) is 0 Å². The van der Waals surface area contributed by atoms with Crippen LogP contribution >= 0.6 is 0 Å². The quantitative estimate of drug-likeness (QED) is 0.711. The maximum atomic E-state index is 6.92. The Labute approximate surface area is 191 Å². The lowest BCUT2D eigenvalue weighted by Crippen LogP contribution is -2.73. The molecule has 2 aromatic carbocycles. The molecule has 2 aromatic rings. The molecule has 6 heterocycles. The standard InChI is InChI=1S/C28H34N2O2/c1-29-13-12-27-18-28-11-10-24(26(27)28)30(20-6-4-3-5-7-20)16-25(28)32-17-21(29)14-19-8-9-22(31-2)15-23(19)27/h3-9,15,21,24-26H,10-14,16-18H2,1-2H3/t21?,24?,25-,26?,27?,28?/m1/s1. The van der Waals surface area contributed by atoms with Gasteiger partial charge in [0.25, 0.3) is 0 Å². The van der Waals surface area contributed by atoms with Gasteiger partial charge in [0, 0.05) is 35.1 Å². The molecule has 0 N–H and O–H groups in total. The van der Waals surface area contributed by atoms with Crippen LogP contribution in [0.3, 0.4) is 0 Å². The highest BCUT2D eigenvalue weighted by Crippen LogP contribution is 2.74. The fourth-order valence-corrected chi connectivity index (χ4v) is 8.59. The monoisotopic (exact) mass is 430 g/mol. The van der Waals surface area contributed by atoms with Gasteiger partial charge >= 0.3 is 0 Å². The van der Waals surface area contributed by atoms with Gasteiger partial charge in [-0.1, -0.05) is 24.3 Å². The molecule has 8 aliphatic rings. The number of hydrogen-bond donors (Lipinski definition) is 0. The van der Waals surface area contributed by atoms with Crippen molar-refractivity contribution >= 4 is 5.69 Å². The van der Waals surface area contributed by atoms with Crippen LogP contribution in [-0.2, 0) is 16.6 Å². The molecule has 32 heavy (non-hydrogen) atoms. The lowest BCUT2D eigenvalue weighted by atomic mass is 9.39. The van der Waals surface area contributed by atoms with Crippen LogP contribution in [0.1, 0.15) is 36.8 Å².